The molecule has 1 aliphatic rings. The molecule has 1 saturated heterocycles. The Kier molecular flexibility index (Phi) is 7.61. The van der Waals surface area contributed by atoms with Gasteiger partial charge in [-0.3, -0.25) is 4.79 Å². The average molecular weight is 520 g/mol. The highest BCUT2D eigenvalue weighted by molar-refractivity contribution is 9.10. The number of hydrogen-bond acceptors (Lipinski definition) is 4. The molecule has 1 aliphatic heterocycles. The molecule has 0 aromatic heterocycles. The minimum absolute atomic E-state index is 0.0912. The normalized spacial score (nSPS) is 14.0. The van der Waals surface area contributed by atoms with Gasteiger partial charge in [0.15, 0.2) is 0 Å². The van der Waals surface area contributed by atoms with Crippen LogP contribution in [0.3, 0.4) is 0 Å². The van der Waals surface area contributed by atoms with E-state index in [9.17, 15) is 14.4 Å². The Balaban J connectivity index is 1.39. The van der Waals surface area contributed by atoms with Crippen LogP contribution in [-0.2, 0) is 11.4 Å². The van der Waals surface area contributed by atoms with Gasteiger partial charge in [-0.15, -0.1) is 0 Å². The number of ether oxygens (including phenoxy) is 1. The predicted molar refractivity (Wildman–Crippen MR) is 134 cm³/mol. The van der Waals surface area contributed by atoms with Gasteiger partial charge in [0, 0.05) is 31.9 Å². The predicted octanol–water partition coefficient (Wildman–Crippen LogP) is 5.42. The van der Waals surface area contributed by atoms with Gasteiger partial charge in [0.1, 0.15) is 29.8 Å². The zero-order valence-corrected chi connectivity index (χ0v) is 20.0. The smallest absolute Gasteiger partial charge is 0.264 e. The fraction of sp³-hybridized carbons (Fsp3) is 0.185. The van der Waals surface area contributed by atoms with Crippen LogP contribution in [0.2, 0.25) is 0 Å². The molecule has 172 valence electrons. The van der Waals surface area contributed by atoms with Gasteiger partial charge in [-0.05, 0) is 69.5 Å². The third-order valence-electron chi connectivity index (χ3n) is 5.59. The summed E-state index contributed by atoms with van der Waals surface area (Å²) in [6, 6.07) is 23.7. The Morgan fingerprint density at radius 2 is 1.79 bits per heavy atom. The van der Waals surface area contributed by atoms with Crippen molar-refractivity contribution in [2.24, 2.45) is 0 Å². The van der Waals surface area contributed by atoms with Crippen molar-refractivity contribution in [1.29, 1.82) is 5.26 Å². The van der Waals surface area contributed by atoms with Gasteiger partial charge < -0.3 is 14.5 Å². The summed E-state index contributed by atoms with van der Waals surface area (Å²) < 4.78 is 19.8. The molecule has 0 N–H and O–H groups in total. The summed E-state index contributed by atoms with van der Waals surface area (Å²) in [5.41, 5.74) is 2.65. The second-order valence-electron chi connectivity index (χ2n) is 7.89. The Bertz CT molecular complexity index is 1230. The van der Waals surface area contributed by atoms with E-state index in [4.69, 9.17) is 4.74 Å². The van der Waals surface area contributed by atoms with Gasteiger partial charge in [-0.1, -0.05) is 36.4 Å². The van der Waals surface area contributed by atoms with Crippen molar-refractivity contribution in [1.82, 2.24) is 4.90 Å². The number of nitrogens with zero attached hydrogens (tertiary/aromatic N) is 3. The first kappa shape index (κ1) is 23.5. The highest BCUT2D eigenvalue weighted by Gasteiger charge is 2.24. The molecule has 0 saturated carbocycles. The molecule has 0 bridgehead atoms. The molecule has 5 nitrogen and oxygen atoms in total. The van der Waals surface area contributed by atoms with Gasteiger partial charge in [0.05, 0.1) is 4.47 Å². The van der Waals surface area contributed by atoms with Crippen molar-refractivity contribution in [3.63, 3.8) is 0 Å². The molecule has 3 aromatic rings. The van der Waals surface area contributed by atoms with Gasteiger partial charge in [0.25, 0.3) is 5.91 Å². The SMILES string of the molecule is N#C/C(=C/c1ccc(OCc2cccc(F)c2)c(Br)c1)C(=O)N1CCN(c2ccccc2)CC1. The van der Waals surface area contributed by atoms with E-state index < -0.39 is 0 Å². The fourth-order valence-electron chi connectivity index (χ4n) is 3.80. The van der Waals surface area contributed by atoms with Crippen LogP contribution < -0.4 is 9.64 Å². The lowest BCUT2D eigenvalue weighted by molar-refractivity contribution is -0.126. The highest BCUT2D eigenvalue weighted by Crippen LogP contribution is 2.28. The average Bonchev–Trinajstić information content (AvgIpc) is 2.87. The molecule has 1 fully saturated rings. The summed E-state index contributed by atoms with van der Waals surface area (Å²) in [5, 5.41) is 9.63. The van der Waals surface area contributed by atoms with Crippen molar-refractivity contribution >= 4 is 33.6 Å². The number of hydrogen-bond donors (Lipinski definition) is 0. The molecule has 1 heterocycles. The van der Waals surface area contributed by atoms with Crippen LogP contribution in [-0.4, -0.2) is 37.0 Å². The lowest BCUT2D eigenvalue weighted by atomic mass is 10.1. The summed E-state index contributed by atoms with van der Waals surface area (Å²) >= 11 is 3.48. The molecular weight excluding hydrogens is 497 g/mol. The minimum atomic E-state index is -0.309. The van der Waals surface area contributed by atoms with Crippen molar-refractivity contribution in [3.05, 3.63) is 99.8 Å². The molecule has 0 spiro atoms. The third kappa shape index (κ3) is 5.83. The molecular formula is C27H23BrFN3O2. The first-order chi connectivity index (χ1) is 16.5. The molecule has 1 amide bonds. The molecule has 0 aliphatic carbocycles. The van der Waals surface area contributed by atoms with Crippen LogP contribution in [0.15, 0.2) is 82.8 Å². The molecule has 0 unspecified atom stereocenters. The number of halogens is 2. The molecule has 4 rings (SSSR count). The van der Waals surface area contributed by atoms with Crippen LogP contribution in [0.5, 0.6) is 5.75 Å². The third-order valence-corrected chi connectivity index (χ3v) is 6.21. The van der Waals surface area contributed by atoms with Crippen molar-refractivity contribution < 1.29 is 13.9 Å². The summed E-state index contributed by atoms with van der Waals surface area (Å²) in [7, 11) is 0. The Labute approximate surface area is 206 Å². The zero-order valence-electron chi connectivity index (χ0n) is 18.5. The minimum Gasteiger partial charge on any atom is -0.488 e. The van der Waals surface area contributed by atoms with E-state index in [-0.39, 0.29) is 23.9 Å². The maximum absolute atomic E-state index is 13.3. The highest BCUT2D eigenvalue weighted by atomic mass is 79.9. The van der Waals surface area contributed by atoms with E-state index >= 15 is 0 Å². The summed E-state index contributed by atoms with van der Waals surface area (Å²) in [4.78, 5) is 16.9. The summed E-state index contributed by atoms with van der Waals surface area (Å²) in [6.45, 7) is 2.78. The van der Waals surface area contributed by atoms with Crippen molar-refractivity contribution in [2.75, 3.05) is 31.1 Å². The van der Waals surface area contributed by atoms with Gasteiger partial charge in [0.2, 0.25) is 0 Å². The quantitative estimate of drug-likeness (QED) is 0.322. The number of anilines is 1. The van der Waals surface area contributed by atoms with E-state index in [1.807, 2.05) is 18.2 Å². The Morgan fingerprint density at radius 3 is 2.47 bits per heavy atom. The molecule has 34 heavy (non-hydrogen) atoms. The number of para-hydroxylation sites is 1. The lowest BCUT2D eigenvalue weighted by Crippen LogP contribution is -2.49. The van der Waals surface area contributed by atoms with E-state index in [2.05, 4.69) is 39.0 Å². The van der Waals surface area contributed by atoms with Gasteiger partial charge in [-0.2, -0.15) is 5.26 Å². The number of carbonyl (C=O) groups is 1. The first-order valence-electron chi connectivity index (χ1n) is 10.9. The Morgan fingerprint density at radius 1 is 1.03 bits per heavy atom. The topological polar surface area (TPSA) is 56.6 Å². The van der Waals surface area contributed by atoms with Crippen molar-refractivity contribution in [3.8, 4) is 11.8 Å². The molecule has 0 atom stereocenters. The molecule has 3 aromatic carbocycles. The van der Waals surface area contributed by atoms with Crippen LogP contribution in [0, 0.1) is 17.1 Å². The maximum Gasteiger partial charge on any atom is 0.264 e. The molecule has 0 radical (unpaired) electrons. The zero-order chi connectivity index (χ0) is 23.9. The largest absolute Gasteiger partial charge is 0.488 e. The van der Waals surface area contributed by atoms with Crippen LogP contribution in [0.25, 0.3) is 6.08 Å². The van der Waals surface area contributed by atoms with Gasteiger partial charge in [-0.25, -0.2) is 4.39 Å². The number of nitriles is 1. The van der Waals surface area contributed by atoms with Crippen LogP contribution >= 0.6 is 15.9 Å². The first-order valence-corrected chi connectivity index (χ1v) is 11.7. The van der Waals surface area contributed by atoms with E-state index in [0.717, 1.165) is 24.3 Å². The van der Waals surface area contributed by atoms with Gasteiger partial charge >= 0.3 is 0 Å². The monoisotopic (exact) mass is 519 g/mol. The number of carbonyl (C=O) groups excluding carboxylic acids is 1. The van der Waals surface area contributed by atoms with Crippen LogP contribution in [0.1, 0.15) is 11.1 Å². The van der Waals surface area contributed by atoms with E-state index in [1.165, 1.54) is 12.1 Å². The number of amides is 1. The van der Waals surface area contributed by atoms with E-state index in [1.54, 1.807) is 41.3 Å². The van der Waals surface area contributed by atoms with Crippen LogP contribution in [0.4, 0.5) is 10.1 Å². The fourth-order valence-corrected chi connectivity index (χ4v) is 4.31. The summed E-state index contributed by atoms with van der Waals surface area (Å²) in [6.07, 6.45) is 1.59. The second-order valence-corrected chi connectivity index (χ2v) is 8.75. The Hall–Kier alpha value is -3.63. The standard InChI is InChI=1S/C27H23BrFN3O2/c28-25-17-20(9-10-26(25)34-19-21-5-4-6-23(29)16-21)15-22(18-30)27(33)32-13-11-31(12-14-32)24-7-2-1-3-8-24/h1-10,15-17H,11-14,19H2/b22-15-. The maximum atomic E-state index is 13.3. The number of piperazine rings is 1. The summed E-state index contributed by atoms with van der Waals surface area (Å²) in [5.74, 6) is 0.0110. The number of rotatable bonds is 6. The van der Waals surface area contributed by atoms with Crippen molar-refractivity contribution in [2.45, 2.75) is 6.61 Å². The lowest BCUT2D eigenvalue weighted by Gasteiger charge is -2.36. The second kappa shape index (κ2) is 11.0. The molecule has 7 heteroatoms. The van der Waals surface area contributed by atoms with E-state index in [0.29, 0.717) is 28.9 Å². The number of benzene rings is 3.